The topological polar surface area (TPSA) is 52.4 Å². The Morgan fingerprint density at radius 1 is 1.58 bits per heavy atom. The maximum absolute atomic E-state index is 9.81. The Kier molecular flexibility index (Phi) is 7.17. The summed E-state index contributed by atoms with van der Waals surface area (Å²) in [5, 5.41) is 9.81. The molecule has 0 aliphatic heterocycles. The number of rotatable bonds is 7. The summed E-state index contributed by atoms with van der Waals surface area (Å²) < 4.78 is 5.07. The summed E-state index contributed by atoms with van der Waals surface area (Å²) in [6.45, 7) is 4.65. The van der Waals surface area contributed by atoms with Crippen LogP contribution in [0.1, 0.15) is 12.8 Å². The van der Waals surface area contributed by atoms with Crippen molar-refractivity contribution in [3.05, 3.63) is 35.0 Å². The zero-order chi connectivity index (χ0) is 9.23. The standard InChI is InChI=1S/C8H13NO3/c1-2-7-12-8-5-3-4-6-9(10)11/h2,4,6H,1,3,5,7-8H2. The summed E-state index contributed by atoms with van der Waals surface area (Å²) in [7, 11) is 0. The number of nitro groups is 1. The van der Waals surface area contributed by atoms with Gasteiger partial charge in [0.05, 0.1) is 11.5 Å². The average molecular weight is 171 g/mol. The van der Waals surface area contributed by atoms with E-state index in [4.69, 9.17) is 4.74 Å². The molecule has 4 nitrogen and oxygen atoms in total. The molecule has 0 unspecified atom stereocenters. The third kappa shape index (κ3) is 8.84. The first-order valence-corrected chi connectivity index (χ1v) is 3.76. The first-order chi connectivity index (χ1) is 5.77. The molecular weight excluding hydrogens is 158 g/mol. The van der Waals surface area contributed by atoms with Crippen LogP contribution >= 0.6 is 0 Å². The van der Waals surface area contributed by atoms with Gasteiger partial charge in [0.25, 0.3) is 0 Å². The van der Waals surface area contributed by atoms with Crippen molar-refractivity contribution in [1.82, 2.24) is 0 Å². The maximum Gasteiger partial charge on any atom is 0.230 e. The van der Waals surface area contributed by atoms with E-state index in [1.54, 1.807) is 6.08 Å². The molecule has 0 atom stereocenters. The lowest BCUT2D eigenvalue weighted by atomic mass is 10.3. The average Bonchev–Trinajstić information content (AvgIpc) is 2.02. The van der Waals surface area contributed by atoms with Crippen LogP contribution in [-0.2, 0) is 4.74 Å². The molecule has 0 fully saturated rings. The predicted octanol–water partition coefficient (Wildman–Crippen LogP) is 1.76. The molecular formula is C8H13NO3. The van der Waals surface area contributed by atoms with Crippen LogP contribution in [0.15, 0.2) is 24.9 Å². The summed E-state index contributed by atoms with van der Waals surface area (Å²) in [6.07, 6.45) is 5.63. The van der Waals surface area contributed by atoms with Gasteiger partial charge in [-0.1, -0.05) is 6.08 Å². The third-order valence-electron chi connectivity index (χ3n) is 1.12. The van der Waals surface area contributed by atoms with E-state index in [0.29, 0.717) is 19.6 Å². The lowest BCUT2D eigenvalue weighted by Crippen LogP contribution is -1.93. The first kappa shape index (κ1) is 10.8. The molecule has 0 amide bonds. The van der Waals surface area contributed by atoms with Crippen molar-refractivity contribution in [3.8, 4) is 0 Å². The van der Waals surface area contributed by atoms with E-state index < -0.39 is 4.92 Å². The molecule has 4 heteroatoms. The quantitative estimate of drug-likeness (QED) is 0.254. The third-order valence-corrected chi connectivity index (χ3v) is 1.12. The Bertz CT molecular complexity index is 166. The van der Waals surface area contributed by atoms with Gasteiger partial charge in [0.2, 0.25) is 6.20 Å². The lowest BCUT2D eigenvalue weighted by molar-refractivity contribution is -0.402. The van der Waals surface area contributed by atoms with Crippen LogP contribution in [0.25, 0.3) is 0 Å². The molecule has 12 heavy (non-hydrogen) atoms. The molecule has 0 rings (SSSR count). The Labute approximate surface area is 71.7 Å². The zero-order valence-electron chi connectivity index (χ0n) is 6.94. The minimum atomic E-state index is -0.468. The van der Waals surface area contributed by atoms with Crippen molar-refractivity contribution in [2.24, 2.45) is 0 Å². The highest BCUT2D eigenvalue weighted by Gasteiger charge is 1.86. The fourth-order valence-corrected chi connectivity index (χ4v) is 0.631. The van der Waals surface area contributed by atoms with E-state index in [2.05, 4.69) is 6.58 Å². The van der Waals surface area contributed by atoms with Gasteiger partial charge in [-0.05, 0) is 18.9 Å². The van der Waals surface area contributed by atoms with Crippen molar-refractivity contribution in [3.63, 3.8) is 0 Å². The second-order valence-corrected chi connectivity index (χ2v) is 2.18. The fourth-order valence-electron chi connectivity index (χ4n) is 0.631. The van der Waals surface area contributed by atoms with Gasteiger partial charge in [0, 0.05) is 6.61 Å². The number of allylic oxidation sites excluding steroid dienone is 1. The molecule has 0 aliphatic rings. The molecule has 0 saturated heterocycles. The van der Waals surface area contributed by atoms with Gasteiger partial charge in [0.15, 0.2) is 0 Å². The van der Waals surface area contributed by atoms with Crippen LogP contribution in [0.2, 0.25) is 0 Å². The smallest absolute Gasteiger partial charge is 0.230 e. The van der Waals surface area contributed by atoms with Gasteiger partial charge in [-0.3, -0.25) is 10.1 Å². The van der Waals surface area contributed by atoms with E-state index in [1.807, 2.05) is 0 Å². The Hall–Kier alpha value is -1.16. The van der Waals surface area contributed by atoms with Crippen molar-refractivity contribution in [1.29, 1.82) is 0 Å². The highest BCUT2D eigenvalue weighted by atomic mass is 16.6. The molecule has 0 aromatic heterocycles. The normalized spacial score (nSPS) is 10.3. The minimum absolute atomic E-state index is 0.468. The number of nitrogens with zero attached hydrogens (tertiary/aromatic N) is 1. The van der Waals surface area contributed by atoms with Gasteiger partial charge in [-0.25, -0.2) is 0 Å². The second-order valence-electron chi connectivity index (χ2n) is 2.18. The Morgan fingerprint density at radius 2 is 2.33 bits per heavy atom. The minimum Gasteiger partial charge on any atom is -0.377 e. The van der Waals surface area contributed by atoms with E-state index in [1.165, 1.54) is 6.08 Å². The Morgan fingerprint density at radius 3 is 2.92 bits per heavy atom. The number of ether oxygens (including phenoxy) is 1. The van der Waals surface area contributed by atoms with E-state index in [0.717, 1.165) is 12.6 Å². The molecule has 0 saturated carbocycles. The number of hydrogen-bond donors (Lipinski definition) is 0. The van der Waals surface area contributed by atoms with Crippen LogP contribution in [0, 0.1) is 10.1 Å². The van der Waals surface area contributed by atoms with Crippen molar-refractivity contribution >= 4 is 0 Å². The van der Waals surface area contributed by atoms with Gasteiger partial charge in [-0.15, -0.1) is 6.58 Å². The summed E-state index contributed by atoms with van der Waals surface area (Å²) in [5.74, 6) is 0. The molecule has 0 heterocycles. The molecule has 0 bridgehead atoms. The first-order valence-electron chi connectivity index (χ1n) is 3.76. The molecule has 0 N–H and O–H groups in total. The van der Waals surface area contributed by atoms with Crippen LogP contribution in [-0.4, -0.2) is 18.1 Å². The van der Waals surface area contributed by atoms with Crippen LogP contribution in [0.3, 0.4) is 0 Å². The number of hydrogen-bond acceptors (Lipinski definition) is 3. The largest absolute Gasteiger partial charge is 0.377 e. The van der Waals surface area contributed by atoms with Gasteiger partial charge >= 0.3 is 0 Å². The summed E-state index contributed by atoms with van der Waals surface area (Å²) >= 11 is 0. The highest BCUT2D eigenvalue weighted by molar-refractivity contribution is 4.72. The molecule has 0 aromatic carbocycles. The van der Waals surface area contributed by atoms with Crippen LogP contribution in [0.5, 0.6) is 0 Å². The second kappa shape index (κ2) is 7.94. The van der Waals surface area contributed by atoms with E-state index >= 15 is 0 Å². The predicted molar refractivity (Wildman–Crippen MR) is 46.4 cm³/mol. The summed E-state index contributed by atoms with van der Waals surface area (Å²) in [4.78, 5) is 9.34. The van der Waals surface area contributed by atoms with Gasteiger partial charge in [-0.2, -0.15) is 0 Å². The van der Waals surface area contributed by atoms with Crippen LogP contribution in [0.4, 0.5) is 0 Å². The SMILES string of the molecule is C=CCOCCCC=C[N+](=O)[O-]. The highest BCUT2D eigenvalue weighted by Crippen LogP contribution is 1.92. The Balaban J connectivity index is 3.10. The molecule has 0 aliphatic carbocycles. The zero-order valence-corrected chi connectivity index (χ0v) is 6.94. The summed E-state index contributed by atoms with van der Waals surface area (Å²) in [5.41, 5.74) is 0. The van der Waals surface area contributed by atoms with Crippen molar-refractivity contribution in [2.45, 2.75) is 12.8 Å². The van der Waals surface area contributed by atoms with Gasteiger partial charge < -0.3 is 4.74 Å². The fraction of sp³-hybridized carbons (Fsp3) is 0.500. The van der Waals surface area contributed by atoms with Crippen molar-refractivity contribution in [2.75, 3.05) is 13.2 Å². The molecule has 0 spiro atoms. The van der Waals surface area contributed by atoms with Crippen molar-refractivity contribution < 1.29 is 9.66 Å². The lowest BCUT2D eigenvalue weighted by Gasteiger charge is -1.96. The van der Waals surface area contributed by atoms with E-state index in [9.17, 15) is 10.1 Å². The molecule has 0 radical (unpaired) electrons. The van der Waals surface area contributed by atoms with E-state index in [-0.39, 0.29) is 0 Å². The van der Waals surface area contributed by atoms with Gasteiger partial charge in [0.1, 0.15) is 0 Å². The van der Waals surface area contributed by atoms with Crippen LogP contribution < -0.4 is 0 Å². The summed E-state index contributed by atoms with van der Waals surface area (Å²) in [6, 6.07) is 0. The molecule has 68 valence electrons. The molecule has 0 aromatic rings. The maximum atomic E-state index is 9.81. The monoisotopic (exact) mass is 171 g/mol. The number of unbranched alkanes of at least 4 members (excludes halogenated alkanes) is 1.